The molecule has 0 spiro atoms. The number of benzene rings is 2. The molecule has 1 aliphatic heterocycles. The molecular weight excluding hydrogens is 435 g/mol. The monoisotopic (exact) mass is 460 g/mol. The molecule has 7 heteroatoms. The van der Waals surface area contributed by atoms with Crippen LogP contribution in [0.1, 0.15) is 49.3 Å². The van der Waals surface area contributed by atoms with Gasteiger partial charge in [0.15, 0.2) is 0 Å². The van der Waals surface area contributed by atoms with Crippen molar-refractivity contribution < 1.29 is 14.7 Å². The largest absolute Gasteiger partial charge is 0.481 e. The van der Waals surface area contributed by atoms with Crippen LogP contribution in [0.25, 0.3) is 0 Å². The number of likely N-dealkylation sites (tertiary alicyclic amines) is 1. The third kappa shape index (κ3) is 4.19. The molecule has 1 heterocycles. The van der Waals surface area contributed by atoms with E-state index in [1.165, 1.54) is 0 Å². The van der Waals surface area contributed by atoms with Gasteiger partial charge in [-0.05, 0) is 48.4 Å². The maximum atomic E-state index is 12.0. The Hall–Kier alpha value is -2.08. The van der Waals surface area contributed by atoms with Crippen molar-refractivity contribution >= 4 is 35.1 Å². The Morgan fingerprint density at radius 3 is 2.23 bits per heavy atom. The zero-order valence-electron chi connectivity index (χ0n) is 17.5. The number of halogens is 2. The van der Waals surface area contributed by atoms with Gasteiger partial charge < -0.3 is 10.4 Å². The van der Waals surface area contributed by atoms with Crippen molar-refractivity contribution in [1.82, 2.24) is 10.2 Å². The van der Waals surface area contributed by atoms with Crippen LogP contribution in [0.2, 0.25) is 10.0 Å². The van der Waals surface area contributed by atoms with Crippen molar-refractivity contribution in [2.24, 2.45) is 0 Å². The first kappa shape index (κ1) is 22.1. The minimum atomic E-state index is -0.844. The summed E-state index contributed by atoms with van der Waals surface area (Å²) in [5, 5.41) is 13.9. The number of piperidine rings is 1. The number of amides is 1. The molecule has 0 aromatic heterocycles. The van der Waals surface area contributed by atoms with Crippen molar-refractivity contribution in [3.05, 3.63) is 69.2 Å². The third-order valence-electron chi connectivity index (χ3n) is 6.70. The second kappa shape index (κ2) is 8.45. The van der Waals surface area contributed by atoms with E-state index < -0.39 is 16.9 Å². The predicted molar refractivity (Wildman–Crippen MR) is 121 cm³/mol. The van der Waals surface area contributed by atoms with E-state index >= 15 is 0 Å². The van der Waals surface area contributed by atoms with Crippen LogP contribution in [0, 0.1) is 0 Å². The molecule has 2 aromatic rings. The number of rotatable bonds is 6. The molecule has 1 saturated heterocycles. The lowest BCUT2D eigenvalue weighted by Gasteiger charge is -2.43. The van der Waals surface area contributed by atoms with Crippen LogP contribution < -0.4 is 5.32 Å². The summed E-state index contributed by atoms with van der Waals surface area (Å²) in [6, 6.07) is 13.6. The number of hydrogen-bond acceptors (Lipinski definition) is 3. The van der Waals surface area contributed by atoms with Crippen LogP contribution in [-0.4, -0.2) is 35.0 Å². The Bertz CT molecular complexity index is 997. The molecule has 2 aromatic carbocycles. The highest BCUT2D eigenvalue weighted by molar-refractivity contribution is 6.42. The number of carboxylic acid groups (broad SMARTS) is 1. The molecule has 4 rings (SSSR count). The summed E-state index contributed by atoms with van der Waals surface area (Å²) in [6.45, 7) is 3.58. The summed E-state index contributed by atoms with van der Waals surface area (Å²) < 4.78 is 0. The normalized spacial score (nSPS) is 19.6. The van der Waals surface area contributed by atoms with Gasteiger partial charge in [-0.3, -0.25) is 14.5 Å². The van der Waals surface area contributed by atoms with E-state index in [-0.39, 0.29) is 5.91 Å². The van der Waals surface area contributed by atoms with Crippen LogP contribution in [0.5, 0.6) is 0 Å². The quantitative estimate of drug-likeness (QED) is 0.652. The summed E-state index contributed by atoms with van der Waals surface area (Å²) in [7, 11) is 0. The second-order valence-electron chi connectivity index (χ2n) is 8.68. The Balaban J connectivity index is 1.57. The third-order valence-corrected chi connectivity index (χ3v) is 7.55. The van der Waals surface area contributed by atoms with Gasteiger partial charge in [0.05, 0.1) is 21.0 Å². The lowest BCUT2D eigenvalue weighted by Crippen LogP contribution is -2.52. The first-order chi connectivity index (χ1) is 14.8. The minimum Gasteiger partial charge on any atom is -0.481 e. The highest BCUT2D eigenvalue weighted by Crippen LogP contribution is 2.51. The van der Waals surface area contributed by atoms with E-state index in [1.54, 1.807) is 13.0 Å². The molecule has 0 unspecified atom stereocenters. The van der Waals surface area contributed by atoms with Gasteiger partial charge in [-0.1, -0.05) is 59.6 Å². The van der Waals surface area contributed by atoms with Gasteiger partial charge in [-0.2, -0.15) is 0 Å². The van der Waals surface area contributed by atoms with Gasteiger partial charge in [0.25, 0.3) is 0 Å². The number of carbonyl (C=O) groups is 2. The molecule has 0 radical (unpaired) electrons. The summed E-state index contributed by atoms with van der Waals surface area (Å²) >= 11 is 12.9. The number of nitrogens with zero attached hydrogens (tertiary/aromatic N) is 1. The first-order valence-corrected chi connectivity index (χ1v) is 11.3. The van der Waals surface area contributed by atoms with Gasteiger partial charge in [0, 0.05) is 26.6 Å². The standard InChI is InChI=1S/C24H26Cl2N2O3/c1-16(29)27-24(17-5-3-2-4-6-17)11-13-28(14-12-24)15-18-19(7-8-20(25)21(18)26)23(9-10-23)22(30)31/h2-8H,9-15H2,1H3,(H,27,29)(H,30,31). The van der Waals surface area contributed by atoms with Crippen LogP contribution in [-0.2, 0) is 27.1 Å². The fourth-order valence-electron chi connectivity index (χ4n) is 4.82. The van der Waals surface area contributed by atoms with Gasteiger partial charge in [0.2, 0.25) is 5.91 Å². The Labute approximate surface area is 192 Å². The molecule has 1 amide bonds. The van der Waals surface area contributed by atoms with Crippen molar-refractivity contribution in [2.45, 2.75) is 50.1 Å². The van der Waals surface area contributed by atoms with Gasteiger partial charge in [-0.25, -0.2) is 0 Å². The summed E-state index contributed by atoms with van der Waals surface area (Å²) in [5.41, 5.74) is 1.44. The molecule has 2 aliphatic rings. The van der Waals surface area contributed by atoms with E-state index in [1.807, 2.05) is 24.3 Å². The van der Waals surface area contributed by atoms with E-state index in [9.17, 15) is 14.7 Å². The minimum absolute atomic E-state index is 0.0467. The van der Waals surface area contributed by atoms with Crippen LogP contribution in [0.4, 0.5) is 0 Å². The highest BCUT2D eigenvalue weighted by Gasteiger charge is 2.53. The van der Waals surface area contributed by atoms with Crippen molar-refractivity contribution in [3.63, 3.8) is 0 Å². The number of aliphatic carboxylic acids is 1. The predicted octanol–water partition coefficient (Wildman–Crippen LogP) is 4.74. The van der Waals surface area contributed by atoms with Crippen molar-refractivity contribution in [2.75, 3.05) is 13.1 Å². The zero-order valence-corrected chi connectivity index (χ0v) is 19.0. The Morgan fingerprint density at radius 2 is 1.68 bits per heavy atom. The molecule has 164 valence electrons. The molecular formula is C24H26Cl2N2O3. The number of carboxylic acids is 1. The number of nitrogens with one attached hydrogen (secondary N) is 1. The molecule has 0 atom stereocenters. The number of carbonyl (C=O) groups excluding carboxylic acids is 1. The second-order valence-corrected chi connectivity index (χ2v) is 9.47. The van der Waals surface area contributed by atoms with Crippen molar-refractivity contribution in [3.8, 4) is 0 Å². The van der Waals surface area contributed by atoms with E-state index in [2.05, 4.69) is 22.3 Å². The maximum absolute atomic E-state index is 12.0. The fraction of sp³-hybridized carbons (Fsp3) is 0.417. The van der Waals surface area contributed by atoms with E-state index in [0.717, 1.165) is 42.6 Å². The molecule has 1 aliphatic carbocycles. The lowest BCUT2D eigenvalue weighted by molar-refractivity contribution is -0.140. The van der Waals surface area contributed by atoms with E-state index in [4.69, 9.17) is 23.2 Å². The zero-order chi connectivity index (χ0) is 22.2. The molecule has 5 nitrogen and oxygen atoms in total. The smallest absolute Gasteiger partial charge is 0.314 e. The molecule has 31 heavy (non-hydrogen) atoms. The van der Waals surface area contributed by atoms with Crippen molar-refractivity contribution in [1.29, 1.82) is 0 Å². The topological polar surface area (TPSA) is 69.6 Å². The summed E-state index contributed by atoms with van der Waals surface area (Å²) in [6.07, 6.45) is 2.75. The fourth-order valence-corrected chi connectivity index (χ4v) is 5.22. The van der Waals surface area contributed by atoms with E-state index in [0.29, 0.717) is 29.4 Å². The average Bonchev–Trinajstić information content (AvgIpc) is 3.55. The summed E-state index contributed by atoms with van der Waals surface area (Å²) in [5.74, 6) is -0.853. The van der Waals surface area contributed by atoms with Crippen LogP contribution >= 0.6 is 23.2 Å². The lowest BCUT2D eigenvalue weighted by atomic mass is 9.80. The molecule has 0 bridgehead atoms. The van der Waals surface area contributed by atoms with Gasteiger partial charge in [0.1, 0.15) is 0 Å². The Kier molecular flexibility index (Phi) is 6.03. The molecule has 1 saturated carbocycles. The maximum Gasteiger partial charge on any atom is 0.314 e. The highest BCUT2D eigenvalue weighted by atomic mass is 35.5. The van der Waals surface area contributed by atoms with Gasteiger partial charge in [-0.15, -0.1) is 0 Å². The average molecular weight is 461 g/mol. The molecule has 2 fully saturated rings. The SMILES string of the molecule is CC(=O)NC1(c2ccccc2)CCN(Cc2c(C3(C(=O)O)CC3)ccc(Cl)c2Cl)CC1. The first-order valence-electron chi connectivity index (χ1n) is 10.5. The van der Waals surface area contributed by atoms with Crippen LogP contribution in [0.15, 0.2) is 42.5 Å². The number of hydrogen-bond donors (Lipinski definition) is 2. The van der Waals surface area contributed by atoms with Crippen LogP contribution in [0.3, 0.4) is 0 Å². The van der Waals surface area contributed by atoms with Gasteiger partial charge >= 0.3 is 5.97 Å². The molecule has 2 N–H and O–H groups in total. The summed E-state index contributed by atoms with van der Waals surface area (Å²) in [4.78, 5) is 26.2. The Morgan fingerprint density at radius 1 is 1.03 bits per heavy atom.